The topological polar surface area (TPSA) is 12.4 Å². The predicted molar refractivity (Wildman–Crippen MR) is 52.0 cm³/mol. The molecule has 0 N–H and O–H groups in total. The first kappa shape index (κ1) is 10.2. The minimum atomic E-state index is 0.857. The Labute approximate surface area is 69.5 Å². The lowest BCUT2D eigenvalue weighted by molar-refractivity contribution is 0.836. The van der Waals surface area contributed by atoms with Crippen LogP contribution in [0.25, 0.3) is 0 Å². The highest BCUT2D eigenvalue weighted by Crippen LogP contribution is 2.01. The Kier molecular flexibility index (Phi) is 5.44. The molecule has 0 aliphatic rings. The summed E-state index contributed by atoms with van der Waals surface area (Å²) in [4.78, 5) is 4.24. The van der Waals surface area contributed by atoms with Gasteiger partial charge in [-0.05, 0) is 25.8 Å². The third-order valence-corrected chi connectivity index (χ3v) is 1.36. The van der Waals surface area contributed by atoms with Crippen LogP contribution in [0.1, 0.15) is 33.1 Å². The summed E-state index contributed by atoms with van der Waals surface area (Å²) in [5.41, 5.74) is 1.91. The van der Waals surface area contributed by atoms with Crippen molar-refractivity contribution in [3.63, 3.8) is 0 Å². The first-order valence-electron chi connectivity index (χ1n) is 4.06. The molecule has 0 bridgehead atoms. The summed E-state index contributed by atoms with van der Waals surface area (Å²) < 4.78 is 0. The van der Waals surface area contributed by atoms with Gasteiger partial charge in [-0.15, -0.1) is 0 Å². The van der Waals surface area contributed by atoms with Crippen LogP contribution in [0.15, 0.2) is 29.9 Å². The van der Waals surface area contributed by atoms with Gasteiger partial charge in [0.15, 0.2) is 0 Å². The molecule has 0 radical (unpaired) electrons. The summed E-state index contributed by atoms with van der Waals surface area (Å²) in [7, 11) is 0. The molecule has 0 aromatic heterocycles. The van der Waals surface area contributed by atoms with Crippen molar-refractivity contribution < 1.29 is 0 Å². The van der Waals surface area contributed by atoms with Gasteiger partial charge in [0.25, 0.3) is 0 Å². The number of allylic oxidation sites excluding steroid dienone is 2. The maximum Gasteiger partial charge on any atom is 0.0400 e. The zero-order valence-electron chi connectivity index (χ0n) is 7.56. The van der Waals surface area contributed by atoms with Crippen molar-refractivity contribution >= 4 is 5.71 Å². The number of rotatable bonds is 5. The van der Waals surface area contributed by atoms with E-state index in [1.807, 2.05) is 13.0 Å². The Morgan fingerprint density at radius 2 is 2.18 bits per heavy atom. The van der Waals surface area contributed by atoms with Gasteiger partial charge in [-0.25, -0.2) is 0 Å². The predicted octanol–water partition coefficient (Wildman–Crippen LogP) is 3.34. The van der Waals surface area contributed by atoms with Crippen molar-refractivity contribution in [2.24, 2.45) is 4.99 Å². The Morgan fingerprint density at radius 3 is 2.55 bits per heavy atom. The van der Waals surface area contributed by atoms with Crippen LogP contribution in [0.2, 0.25) is 0 Å². The highest BCUT2D eigenvalue weighted by molar-refractivity contribution is 5.95. The molecule has 0 spiro atoms. The molecular weight excluding hydrogens is 134 g/mol. The molecule has 1 heteroatoms. The highest BCUT2D eigenvalue weighted by Gasteiger charge is 1.91. The van der Waals surface area contributed by atoms with Crippen molar-refractivity contribution in [1.29, 1.82) is 0 Å². The van der Waals surface area contributed by atoms with E-state index in [9.17, 15) is 0 Å². The molecule has 0 saturated carbocycles. The molecule has 0 aromatic rings. The summed E-state index contributed by atoms with van der Waals surface area (Å²) in [6.45, 7) is 11.5. The molecule has 0 rings (SSSR count). The normalized spacial score (nSPS) is 11.3. The second-order valence-electron chi connectivity index (χ2n) is 2.65. The third kappa shape index (κ3) is 5.59. The molecule has 0 amide bonds. The molecule has 0 fully saturated rings. The van der Waals surface area contributed by atoms with E-state index in [1.165, 1.54) is 12.8 Å². The van der Waals surface area contributed by atoms with E-state index in [4.69, 9.17) is 0 Å². The fraction of sp³-hybridized carbons (Fsp3) is 0.500. The van der Waals surface area contributed by atoms with E-state index in [0.717, 1.165) is 17.8 Å². The fourth-order valence-electron chi connectivity index (χ4n) is 0.807. The van der Waals surface area contributed by atoms with Crippen molar-refractivity contribution in [1.82, 2.24) is 0 Å². The molecule has 1 nitrogen and oxygen atoms in total. The van der Waals surface area contributed by atoms with Crippen LogP contribution in [0, 0.1) is 0 Å². The van der Waals surface area contributed by atoms with Crippen molar-refractivity contribution in [3.8, 4) is 0 Å². The summed E-state index contributed by atoms with van der Waals surface area (Å²) in [5, 5.41) is 0. The summed E-state index contributed by atoms with van der Waals surface area (Å²) in [5.74, 6) is 0. The molecular formula is C10H17N. The van der Waals surface area contributed by atoms with E-state index >= 15 is 0 Å². The molecule has 0 heterocycles. The number of unbranched alkanes of at least 4 members (excludes halogenated alkanes) is 1. The van der Waals surface area contributed by atoms with Gasteiger partial charge in [0, 0.05) is 11.4 Å². The minimum absolute atomic E-state index is 0.857. The van der Waals surface area contributed by atoms with Crippen LogP contribution < -0.4 is 0 Å². The molecule has 0 unspecified atom stereocenters. The van der Waals surface area contributed by atoms with Crippen LogP contribution in [-0.2, 0) is 0 Å². The second-order valence-corrected chi connectivity index (χ2v) is 2.65. The maximum absolute atomic E-state index is 4.24. The van der Waals surface area contributed by atoms with Crippen LogP contribution in [-0.4, -0.2) is 5.71 Å². The molecule has 0 aromatic carbocycles. The summed E-state index contributed by atoms with van der Waals surface area (Å²) in [6.07, 6.45) is 5.21. The molecule has 62 valence electrons. The fourth-order valence-corrected chi connectivity index (χ4v) is 0.807. The Morgan fingerprint density at radius 1 is 1.55 bits per heavy atom. The lowest BCUT2D eigenvalue weighted by Gasteiger charge is -1.98. The number of nitrogens with zero attached hydrogens (tertiary/aromatic N) is 1. The third-order valence-electron chi connectivity index (χ3n) is 1.36. The van der Waals surface area contributed by atoms with E-state index in [0.29, 0.717) is 0 Å². The van der Waals surface area contributed by atoms with Crippen LogP contribution in [0.3, 0.4) is 0 Å². The van der Waals surface area contributed by atoms with Gasteiger partial charge < -0.3 is 0 Å². The quantitative estimate of drug-likeness (QED) is 0.534. The first-order valence-corrected chi connectivity index (χ1v) is 4.06. The van der Waals surface area contributed by atoms with Gasteiger partial charge in [-0.1, -0.05) is 26.5 Å². The Balaban J connectivity index is 3.94. The highest BCUT2D eigenvalue weighted by atomic mass is 14.7. The molecule has 11 heavy (non-hydrogen) atoms. The van der Waals surface area contributed by atoms with E-state index in [2.05, 4.69) is 25.1 Å². The molecule has 0 aliphatic carbocycles. The standard InChI is InChI=1S/C10H17N/c1-5-7-8-10(6-2)11-9(3)4/h6H,2-3,5,7-8H2,1,4H3. The van der Waals surface area contributed by atoms with Gasteiger partial charge >= 0.3 is 0 Å². The maximum atomic E-state index is 4.24. The van der Waals surface area contributed by atoms with Gasteiger partial charge in [-0.2, -0.15) is 0 Å². The van der Waals surface area contributed by atoms with Crippen LogP contribution in [0.4, 0.5) is 0 Å². The lowest BCUT2D eigenvalue weighted by Crippen LogP contribution is -1.92. The lowest BCUT2D eigenvalue weighted by atomic mass is 10.2. The van der Waals surface area contributed by atoms with Crippen molar-refractivity contribution in [2.75, 3.05) is 0 Å². The van der Waals surface area contributed by atoms with Gasteiger partial charge in [-0.3, -0.25) is 4.99 Å². The number of hydrogen-bond acceptors (Lipinski definition) is 1. The zero-order valence-corrected chi connectivity index (χ0v) is 7.56. The largest absolute Gasteiger partial charge is 0.259 e. The van der Waals surface area contributed by atoms with Crippen molar-refractivity contribution in [2.45, 2.75) is 33.1 Å². The number of hydrogen-bond donors (Lipinski definition) is 0. The Hall–Kier alpha value is -0.850. The van der Waals surface area contributed by atoms with E-state index in [-0.39, 0.29) is 0 Å². The van der Waals surface area contributed by atoms with Gasteiger partial charge in [0.05, 0.1) is 0 Å². The first-order chi connectivity index (χ1) is 5.20. The SMILES string of the molecule is C=CC(CCCC)=NC(=C)C. The zero-order chi connectivity index (χ0) is 8.69. The van der Waals surface area contributed by atoms with Crippen molar-refractivity contribution in [3.05, 3.63) is 24.9 Å². The minimum Gasteiger partial charge on any atom is -0.259 e. The summed E-state index contributed by atoms with van der Waals surface area (Å²) in [6, 6.07) is 0. The van der Waals surface area contributed by atoms with E-state index < -0.39 is 0 Å². The second kappa shape index (κ2) is 5.90. The Bertz CT molecular complexity index is 166. The number of aliphatic imine (C=N–C) groups is 1. The van der Waals surface area contributed by atoms with Gasteiger partial charge in [0.1, 0.15) is 0 Å². The van der Waals surface area contributed by atoms with Crippen LogP contribution in [0.5, 0.6) is 0 Å². The molecule has 0 saturated heterocycles. The monoisotopic (exact) mass is 151 g/mol. The molecule has 0 atom stereocenters. The average Bonchev–Trinajstić information content (AvgIpc) is 1.97. The smallest absolute Gasteiger partial charge is 0.0400 e. The van der Waals surface area contributed by atoms with Gasteiger partial charge in [0.2, 0.25) is 0 Å². The van der Waals surface area contributed by atoms with Crippen LogP contribution >= 0.6 is 0 Å². The average molecular weight is 151 g/mol. The summed E-state index contributed by atoms with van der Waals surface area (Å²) >= 11 is 0. The molecule has 0 aliphatic heterocycles. The van der Waals surface area contributed by atoms with E-state index in [1.54, 1.807) is 0 Å².